The van der Waals surface area contributed by atoms with Crippen molar-refractivity contribution in [2.24, 2.45) is 0 Å². The largest absolute Gasteiger partial charge is 0.373 e. The third kappa shape index (κ3) is 3.26. The van der Waals surface area contributed by atoms with Gasteiger partial charge in [0.05, 0.1) is 10.5 Å². The van der Waals surface area contributed by atoms with Crippen molar-refractivity contribution in [2.45, 2.75) is 25.4 Å². The fourth-order valence-electron chi connectivity index (χ4n) is 2.14. The van der Waals surface area contributed by atoms with Gasteiger partial charge >= 0.3 is 0 Å². The first-order chi connectivity index (χ1) is 9.41. The number of carbonyl (C=O) groups excluding carboxylic acids is 1. The Morgan fingerprint density at radius 2 is 2.35 bits per heavy atom. The first-order valence-corrected chi connectivity index (χ1v) is 6.65. The molecule has 1 N–H and O–H groups in total. The maximum absolute atomic E-state index is 12.0. The Balaban J connectivity index is 2.02. The first-order valence-electron chi connectivity index (χ1n) is 6.27. The minimum atomic E-state index is -0.586. The summed E-state index contributed by atoms with van der Waals surface area (Å²) in [5, 5.41) is 13.4. The van der Waals surface area contributed by atoms with E-state index in [0.717, 1.165) is 12.8 Å². The number of amides is 1. The van der Waals surface area contributed by atoms with Crippen molar-refractivity contribution in [3.8, 4) is 0 Å². The normalized spacial score (nSPS) is 21.7. The Bertz CT molecular complexity index is 541. The van der Waals surface area contributed by atoms with Crippen LogP contribution in [-0.2, 0) is 4.74 Å². The lowest BCUT2D eigenvalue weighted by Gasteiger charge is -2.23. The average Bonchev–Trinajstić information content (AvgIpc) is 2.83. The summed E-state index contributed by atoms with van der Waals surface area (Å²) in [5.41, 5.74) is -0.253. The average molecular weight is 299 g/mol. The van der Waals surface area contributed by atoms with Gasteiger partial charge in [-0.15, -0.1) is 0 Å². The molecular weight excluding hydrogens is 284 g/mol. The maximum Gasteiger partial charge on any atom is 0.287 e. The predicted octanol–water partition coefficient (Wildman–Crippen LogP) is 2.55. The molecule has 0 spiro atoms. The fourth-order valence-corrected chi connectivity index (χ4v) is 2.39. The van der Waals surface area contributed by atoms with Crippen molar-refractivity contribution in [3.63, 3.8) is 0 Å². The standard InChI is InChI=1S/C13H15ClN2O4/c1-13(5-2-6-20-13)8-15-12(17)9-3-4-11(16(18)19)10(14)7-9/h3-4,7H,2,5-6,8H2,1H3,(H,15,17). The minimum absolute atomic E-state index is 0.0500. The monoisotopic (exact) mass is 298 g/mol. The number of nitro groups is 1. The van der Waals surface area contributed by atoms with E-state index in [4.69, 9.17) is 16.3 Å². The van der Waals surface area contributed by atoms with Crippen LogP contribution in [0.25, 0.3) is 0 Å². The molecule has 0 aliphatic carbocycles. The number of rotatable bonds is 4. The number of benzene rings is 1. The third-order valence-electron chi connectivity index (χ3n) is 3.33. The molecule has 108 valence electrons. The lowest BCUT2D eigenvalue weighted by molar-refractivity contribution is -0.384. The van der Waals surface area contributed by atoms with Crippen molar-refractivity contribution in [1.29, 1.82) is 0 Å². The summed E-state index contributed by atoms with van der Waals surface area (Å²) in [6, 6.07) is 3.91. The van der Waals surface area contributed by atoms with Crippen LogP contribution >= 0.6 is 11.6 Å². The van der Waals surface area contributed by atoms with Crippen molar-refractivity contribution in [3.05, 3.63) is 38.9 Å². The van der Waals surface area contributed by atoms with Gasteiger partial charge < -0.3 is 10.1 Å². The van der Waals surface area contributed by atoms with Crippen LogP contribution in [0.3, 0.4) is 0 Å². The zero-order chi connectivity index (χ0) is 14.8. The van der Waals surface area contributed by atoms with Crippen LogP contribution in [0, 0.1) is 10.1 Å². The Labute approximate surface area is 121 Å². The zero-order valence-corrected chi connectivity index (χ0v) is 11.8. The minimum Gasteiger partial charge on any atom is -0.373 e. The lowest BCUT2D eigenvalue weighted by Crippen LogP contribution is -2.40. The molecule has 2 rings (SSSR count). The summed E-state index contributed by atoms with van der Waals surface area (Å²) in [7, 11) is 0. The second-order valence-corrected chi connectivity index (χ2v) is 5.42. The van der Waals surface area contributed by atoms with E-state index in [1.807, 2.05) is 6.92 Å². The van der Waals surface area contributed by atoms with Gasteiger partial charge in [-0.1, -0.05) is 11.6 Å². The molecule has 0 aromatic heterocycles. The number of nitrogens with zero attached hydrogens (tertiary/aromatic N) is 1. The molecule has 1 saturated heterocycles. The fraction of sp³-hybridized carbons (Fsp3) is 0.462. The van der Waals surface area contributed by atoms with E-state index in [1.54, 1.807) is 0 Å². The smallest absolute Gasteiger partial charge is 0.287 e. The van der Waals surface area contributed by atoms with Crippen molar-refractivity contribution < 1.29 is 14.5 Å². The number of nitro benzene ring substituents is 1. The highest BCUT2D eigenvalue weighted by Crippen LogP contribution is 2.26. The zero-order valence-electron chi connectivity index (χ0n) is 11.0. The van der Waals surface area contributed by atoms with Gasteiger partial charge in [-0.2, -0.15) is 0 Å². The maximum atomic E-state index is 12.0. The topological polar surface area (TPSA) is 81.5 Å². The molecule has 1 unspecified atom stereocenters. The van der Waals surface area contributed by atoms with Crippen LogP contribution in [0.5, 0.6) is 0 Å². The summed E-state index contributed by atoms with van der Waals surface area (Å²) >= 11 is 5.78. The van der Waals surface area contributed by atoms with Crippen LogP contribution < -0.4 is 5.32 Å². The summed E-state index contributed by atoms with van der Waals surface area (Å²) in [6.07, 6.45) is 1.88. The highest BCUT2D eigenvalue weighted by atomic mass is 35.5. The van der Waals surface area contributed by atoms with Crippen LogP contribution in [0.2, 0.25) is 5.02 Å². The van der Waals surface area contributed by atoms with E-state index in [9.17, 15) is 14.9 Å². The second kappa shape index (κ2) is 5.76. The molecule has 1 heterocycles. The number of ether oxygens (including phenoxy) is 1. The van der Waals surface area contributed by atoms with Crippen LogP contribution in [0.1, 0.15) is 30.1 Å². The molecule has 0 bridgehead atoms. The van der Waals surface area contributed by atoms with E-state index in [2.05, 4.69) is 5.32 Å². The second-order valence-electron chi connectivity index (χ2n) is 5.01. The van der Waals surface area contributed by atoms with Crippen LogP contribution in [-0.4, -0.2) is 29.6 Å². The van der Waals surface area contributed by atoms with Crippen LogP contribution in [0.15, 0.2) is 18.2 Å². The Hall–Kier alpha value is -1.66. The molecule has 1 aliphatic heterocycles. The van der Waals surface area contributed by atoms with Crippen LogP contribution in [0.4, 0.5) is 5.69 Å². The summed E-state index contributed by atoms with van der Waals surface area (Å²) in [5.74, 6) is -0.321. The number of halogens is 1. The summed E-state index contributed by atoms with van der Waals surface area (Å²) in [4.78, 5) is 22.0. The molecule has 1 atom stereocenters. The van der Waals surface area contributed by atoms with Crippen molar-refractivity contribution >= 4 is 23.2 Å². The van der Waals surface area contributed by atoms with Gasteiger partial charge in [0.25, 0.3) is 11.6 Å². The summed E-state index contributed by atoms with van der Waals surface area (Å²) in [6.45, 7) is 3.05. The van der Waals surface area contributed by atoms with Gasteiger partial charge in [-0.3, -0.25) is 14.9 Å². The third-order valence-corrected chi connectivity index (χ3v) is 3.63. The van der Waals surface area contributed by atoms with Gasteiger partial charge in [0, 0.05) is 24.8 Å². The first kappa shape index (κ1) is 14.7. The number of hydrogen-bond acceptors (Lipinski definition) is 4. The molecule has 0 radical (unpaired) electrons. The molecule has 1 fully saturated rings. The SMILES string of the molecule is CC1(CNC(=O)c2ccc([N+](=O)[O-])c(Cl)c2)CCCO1. The van der Waals surface area contributed by atoms with Gasteiger partial charge in [0.15, 0.2) is 0 Å². The van der Waals surface area contributed by atoms with E-state index in [1.165, 1.54) is 18.2 Å². The molecular formula is C13H15ClN2O4. The van der Waals surface area contributed by atoms with Crippen molar-refractivity contribution in [2.75, 3.05) is 13.2 Å². The molecule has 1 aromatic carbocycles. The van der Waals surface area contributed by atoms with E-state index in [-0.39, 0.29) is 22.2 Å². The molecule has 1 aliphatic rings. The molecule has 20 heavy (non-hydrogen) atoms. The van der Waals surface area contributed by atoms with Crippen molar-refractivity contribution in [1.82, 2.24) is 5.32 Å². The Morgan fingerprint density at radius 1 is 1.60 bits per heavy atom. The predicted molar refractivity (Wildman–Crippen MR) is 74.0 cm³/mol. The number of hydrogen-bond donors (Lipinski definition) is 1. The van der Waals surface area contributed by atoms with Gasteiger partial charge in [0.2, 0.25) is 0 Å². The molecule has 1 amide bonds. The molecule has 0 saturated carbocycles. The Morgan fingerprint density at radius 3 is 2.90 bits per heavy atom. The number of nitrogens with one attached hydrogen (secondary N) is 1. The number of carbonyl (C=O) groups is 1. The van der Waals surface area contributed by atoms with Gasteiger partial charge in [0.1, 0.15) is 5.02 Å². The quantitative estimate of drug-likeness (QED) is 0.684. The highest BCUT2D eigenvalue weighted by Gasteiger charge is 2.30. The molecule has 6 nitrogen and oxygen atoms in total. The van der Waals surface area contributed by atoms with E-state index < -0.39 is 4.92 Å². The van der Waals surface area contributed by atoms with E-state index >= 15 is 0 Å². The molecule has 7 heteroatoms. The Kier molecular flexibility index (Phi) is 4.25. The summed E-state index contributed by atoms with van der Waals surface area (Å²) < 4.78 is 5.57. The van der Waals surface area contributed by atoms with Gasteiger partial charge in [-0.25, -0.2) is 0 Å². The highest BCUT2D eigenvalue weighted by molar-refractivity contribution is 6.33. The lowest BCUT2D eigenvalue weighted by atomic mass is 10.0. The van der Waals surface area contributed by atoms with E-state index in [0.29, 0.717) is 18.7 Å². The van der Waals surface area contributed by atoms with Gasteiger partial charge in [-0.05, 0) is 31.9 Å². The molecule has 1 aromatic rings.